The molecule has 32 heavy (non-hydrogen) atoms. The first-order valence-electron chi connectivity index (χ1n) is 11.4. The van der Waals surface area contributed by atoms with E-state index in [9.17, 15) is 4.79 Å². The standard InChI is InChI=1S/C27H30N2O3/c30-27(22-10-14-26(15-11-22)32-25-8-3-1-4-9-25)28-18-7-21-31-24-16-12-23(13-17-24)29-19-5-2-6-20-29/h1,3-4,8-17H,2,5-7,18-21H2,(H,28,30). The van der Waals surface area contributed by atoms with Crippen LogP contribution in [0.2, 0.25) is 0 Å². The molecule has 0 aliphatic carbocycles. The van der Waals surface area contributed by atoms with Crippen LogP contribution >= 0.6 is 0 Å². The van der Waals surface area contributed by atoms with Crippen molar-refractivity contribution in [3.8, 4) is 17.2 Å². The molecule has 0 atom stereocenters. The van der Waals surface area contributed by atoms with E-state index >= 15 is 0 Å². The third kappa shape index (κ3) is 6.27. The Hall–Kier alpha value is -3.47. The summed E-state index contributed by atoms with van der Waals surface area (Å²) < 4.78 is 11.6. The molecule has 0 unspecified atom stereocenters. The number of hydrogen-bond acceptors (Lipinski definition) is 4. The number of piperidine rings is 1. The summed E-state index contributed by atoms with van der Waals surface area (Å²) in [5.74, 6) is 2.24. The molecule has 1 saturated heterocycles. The summed E-state index contributed by atoms with van der Waals surface area (Å²) in [5.41, 5.74) is 1.88. The molecule has 0 spiro atoms. The van der Waals surface area contributed by atoms with Crippen LogP contribution in [0.15, 0.2) is 78.9 Å². The minimum absolute atomic E-state index is 0.0952. The van der Waals surface area contributed by atoms with Gasteiger partial charge in [0.2, 0.25) is 0 Å². The van der Waals surface area contributed by atoms with E-state index in [2.05, 4.69) is 22.3 Å². The minimum atomic E-state index is -0.0952. The Morgan fingerprint density at radius 1 is 0.781 bits per heavy atom. The third-order valence-corrected chi connectivity index (χ3v) is 5.53. The zero-order chi connectivity index (χ0) is 22.0. The summed E-state index contributed by atoms with van der Waals surface area (Å²) >= 11 is 0. The highest BCUT2D eigenvalue weighted by Crippen LogP contribution is 2.23. The van der Waals surface area contributed by atoms with E-state index in [1.807, 2.05) is 42.5 Å². The molecule has 1 fully saturated rings. The maximum absolute atomic E-state index is 12.3. The van der Waals surface area contributed by atoms with Crippen molar-refractivity contribution in [2.75, 3.05) is 31.1 Å². The third-order valence-electron chi connectivity index (χ3n) is 5.53. The van der Waals surface area contributed by atoms with Gasteiger partial charge in [-0.2, -0.15) is 0 Å². The minimum Gasteiger partial charge on any atom is -0.494 e. The van der Waals surface area contributed by atoms with Crippen LogP contribution in [0.4, 0.5) is 5.69 Å². The molecule has 1 heterocycles. The first-order valence-corrected chi connectivity index (χ1v) is 11.4. The second-order valence-corrected chi connectivity index (χ2v) is 7.94. The van der Waals surface area contributed by atoms with E-state index in [-0.39, 0.29) is 5.91 Å². The smallest absolute Gasteiger partial charge is 0.251 e. The summed E-state index contributed by atoms with van der Waals surface area (Å²) in [6.07, 6.45) is 4.63. The quantitative estimate of drug-likeness (QED) is 0.445. The van der Waals surface area contributed by atoms with Gasteiger partial charge in [-0.05, 0) is 86.3 Å². The van der Waals surface area contributed by atoms with Crippen LogP contribution < -0.4 is 19.7 Å². The van der Waals surface area contributed by atoms with Gasteiger partial charge >= 0.3 is 0 Å². The lowest BCUT2D eigenvalue weighted by Crippen LogP contribution is -2.29. The summed E-state index contributed by atoms with van der Waals surface area (Å²) in [5, 5.41) is 2.94. The van der Waals surface area contributed by atoms with E-state index in [0.29, 0.717) is 24.5 Å². The highest BCUT2D eigenvalue weighted by Gasteiger charge is 2.10. The van der Waals surface area contributed by atoms with Crippen molar-refractivity contribution >= 4 is 11.6 Å². The summed E-state index contributed by atoms with van der Waals surface area (Å²) in [6.45, 7) is 3.41. The van der Waals surface area contributed by atoms with Gasteiger partial charge in [-0.3, -0.25) is 4.79 Å². The van der Waals surface area contributed by atoms with Crippen LogP contribution in [0, 0.1) is 0 Å². The number of rotatable bonds is 9. The van der Waals surface area contributed by atoms with Crippen molar-refractivity contribution in [2.45, 2.75) is 25.7 Å². The molecule has 3 aromatic carbocycles. The molecule has 5 heteroatoms. The van der Waals surface area contributed by atoms with Crippen LogP contribution in [-0.2, 0) is 0 Å². The molecule has 5 nitrogen and oxygen atoms in total. The number of amides is 1. The van der Waals surface area contributed by atoms with E-state index in [1.54, 1.807) is 24.3 Å². The van der Waals surface area contributed by atoms with Crippen molar-refractivity contribution in [1.82, 2.24) is 5.32 Å². The molecule has 1 aliphatic rings. The molecule has 3 aromatic rings. The number of anilines is 1. The van der Waals surface area contributed by atoms with Crippen molar-refractivity contribution in [3.05, 3.63) is 84.4 Å². The van der Waals surface area contributed by atoms with Crippen molar-refractivity contribution in [1.29, 1.82) is 0 Å². The predicted octanol–water partition coefficient (Wildman–Crippen LogP) is 5.67. The molecule has 1 amide bonds. The average Bonchev–Trinajstić information content (AvgIpc) is 2.86. The van der Waals surface area contributed by atoms with Crippen molar-refractivity contribution in [2.24, 2.45) is 0 Å². The fraction of sp³-hybridized carbons (Fsp3) is 0.296. The van der Waals surface area contributed by atoms with Gasteiger partial charge in [0.25, 0.3) is 5.91 Å². The van der Waals surface area contributed by atoms with Crippen LogP contribution in [0.5, 0.6) is 17.2 Å². The fourth-order valence-corrected chi connectivity index (χ4v) is 3.77. The SMILES string of the molecule is O=C(NCCCOc1ccc(N2CCCCC2)cc1)c1ccc(Oc2ccccc2)cc1. The number of ether oxygens (including phenoxy) is 2. The first-order chi connectivity index (χ1) is 15.8. The van der Waals surface area contributed by atoms with Crippen molar-refractivity contribution < 1.29 is 14.3 Å². The monoisotopic (exact) mass is 430 g/mol. The highest BCUT2D eigenvalue weighted by atomic mass is 16.5. The predicted molar refractivity (Wildman–Crippen MR) is 128 cm³/mol. The number of nitrogens with zero attached hydrogens (tertiary/aromatic N) is 1. The maximum Gasteiger partial charge on any atom is 0.251 e. The number of carbonyl (C=O) groups excluding carboxylic acids is 1. The topological polar surface area (TPSA) is 50.8 Å². The second-order valence-electron chi connectivity index (χ2n) is 7.94. The number of hydrogen-bond donors (Lipinski definition) is 1. The molecule has 0 saturated carbocycles. The van der Waals surface area contributed by atoms with Crippen molar-refractivity contribution in [3.63, 3.8) is 0 Å². The van der Waals surface area contributed by atoms with Gasteiger partial charge in [-0.1, -0.05) is 18.2 Å². The van der Waals surface area contributed by atoms with Gasteiger partial charge in [0.15, 0.2) is 0 Å². The van der Waals surface area contributed by atoms with Gasteiger partial charge in [-0.25, -0.2) is 0 Å². The Morgan fingerprint density at radius 3 is 2.16 bits per heavy atom. The molecule has 166 valence electrons. The highest BCUT2D eigenvalue weighted by molar-refractivity contribution is 5.94. The normalized spacial score (nSPS) is 13.4. The molecule has 0 aromatic heterocycles. The Labute approximate surface area is 190 Å². The summed E-state index contributed by atoms with van der Waals surface area (Å²) in [6, 6.07) is 25.1. The van der Waals surface area contributed by atoms with E-state index in [1.165, 1.54) is 24.9 Å². The number of para-hydroxylation sites is 1. The lowest BCUT2D eigenvalue weighted by Gasteiger charge is -2.28. The zero-order valence-corrected chi connectivity index (χ0v) is 18.3. The molecular weight excluding hydrogens is 400 g/mol. The van der Waals surface area contributed by atoms with Gasteiger partial charge in [0.05, 0.1) is 6.61 Å². The van der Waals surface area contributed by atoms with E-state index < -0.39 is 0 Å². The molecule has 0 radical (unpaired) electrons. The summed E-state index contributed by atoms with van der Waals surface area (Å²) in [7, 11) is 0. The van der Waals surface area contributed by atoms with Crippen LogP contribution in [0.1, 0.15) is 36.0 Å². The molecule has 4 rings (SSSR count). The molecule has 1 aliphatic heterocycles. The number of nitrogens with one attached hydrogen (secondary N) is 1. The maximum atomic E-state index is 12.3. The largest absolute Gasteiger partial charge is 0.494 e. The van der Waals surface area contributed by atoms with Gasteiger partial charge < -0.3 is 19.7 Å². The first kappa shape index (κ1) is 21.8. The Bertz CT molecular complexity index is 966. The van der Waals surface area contributed by atoms with Crippen LogP contribution in [-0.4, -0.2) is 32.1 Å². The molecule has 1 N–H and O–H groups in total. The Balaban J connectivity index is 1.15. The van der Waals surface area contributed by atoms with Gasteiger partial charge in [0.1, 0.15) is 17.2 Å². The number of carbonyl (C=O) groups is 1. The zero-order valence-electron chi connectivity index (χ0n) is 18.3. The number of benzene rings is 3. The molecule has 0 bridgehead atoms. The summed E-state index contributed by atoms with van der Waals surface area (Å²) in [4.78, 5) is 14.8. The van der Waals surface area contributed by atoms with E-state index in [0.717, 1.165) is 31.0 Å². The molecular formula is C27H30N2O3. The lowest BCUT2D eigenvalue weighted by molar-refractivity contribution is 0.0951. The van der Waals surface area contributed by atoms with Crippen LogP contribution in [0.3, 0.4) is 0 Å². The van der Waals surface area contributed by atoms with Crippen LogP contribution in [0.25, 0.3) is 0 Å². The fourth-order valence-electron chi connectivity index (χ4n) is 3.77. The Morgan fingerprint density at radius 2 is 1.44 bits per heavy atom. The average molecular weight is 431 g/mol. The Kier molecular flexibility index (Phi) is 7.64. The van der Waals surface area contributed by atoms with Gasteiger partial charge in [-0.15, -0.1) is 0 Å². The van der Waals surface area contributed by atoms with E-state index in [4.69, 9.17) is 9.47 Å². The van der Waals surface area contributed by atoms with Gasteiger partial charge in [0, 0.05) is 30.9 Å². The second kappa shape index (κ2) is 11.2. The lowest BCUT2D eigenvalue weighted by atomic mass is 10.1.